The van der Waals surface area contributed by atoms with Crippen molar-refractivity contribution in [3.63, 3.8) is 0 Å². The molecule has 0 saturated heterocycles. The van der Waals surface area contributed by atoms with Crippen molar-refractivity contribution in [2.75, 3.05) is 6.54 Å². The zero-order chi connectivity index (χ0) is 17.0. The van der Waals surface area contributed by atoms with E-state index in [9.17, 15) is 18.0 Å². The topological polar surface area (TPSA) is 64.3 Å². The largest absolute Gasteiger partial charge is 0.444 e. The highest BCUT2D eigenvalue weighted by Crippen LogP contribution is 2.32. The van der Waals surface area contributed by atoms with Crippen LogP contribution < -0.4 is 11.1 Å². The molecular formula is C15H21F3N2O2. The summed E-state index contributed by atoms with van der Waals surface area (Å²) < 4.78 is 43.6. The molecule has 0 heterocycles. The lowest BCUT2D eigenvalue weighted by Crippen LogP contribution is -2.41. The molecule has 0 aliphatic carbocycles. The van der Waals surface area contributed by atoms with Crippen LogP contribution in [0.25, 0.3) is 0 Å². The number of hydrogen-bond donors (Lipinski definition) is 2. The summed E-state index contributed by atoms with van der Waals surface area (Å²) in [6.45, 7) is 5.17. The van der Waals surface area contributed by atoms with Gasteiger partial charge in [0.05, 0.1) is 5.56 Å². The molecule has 0 radical (unpaired) electrons. The van der Waals surface area contributed by atoms with E-state index in [4.69, 9.17) is 10.5 Å². The first-order valence-corrected chi connectivity index (χ1v) is 6.86. The van der Waals surface area contributed by atoms with Gasteiger partial charge in [-0.2, -0.15) is 13.2 Å². The van der Waals surface area contributed by atoms with Gasteiger partial charge in [0.1, 0.15) is 5.60 Å². The van der Waals surface area contributed by atoms with Gasteiger partial charge in [0.2, 0.25) is 0 Å². The minimum absolute atomic E-state index is 0.00544. The molecule has 7 heteroatoms. The second-order valence-corrected chi connectivity index (χ2v) is 6.00. The monoisotopic (exact) mass is 318 g/mol. The van der Waals surface area contributed by atoms with Crippen molar-refractivity contribution >= 4 is 6.09 Å². The summed E-state index contributed by atoms with van der Waals surface area (Å²) in [6, 6.07) is 4.62. The molecule has 3 N–H and O–H groups in total. The van der Waals surface area contributed by atoms with Gasteiger partial charge in [-0.1, -0.05) is 18.2 Å². The quantitative estimate of drug-likeness (QED) is 0.896. The van der Waals surface area contributed by atoms with Crippen molar-refractivity contribution in [2.24, 2.45) is 5.73 Å². The van der Waals surface area contributed by atoms with Gasteiger partial charge in [-0.3, -0.25) is 0 Å². The van der Waals surface area contributed by atoms with Crippen LogP contribution in [0.3, 0.4) is 0 Å². The molecule has 0 saturated carbocycles. The van der Waals surface area contributed by atoms with E-state index in [1.165, 1.54) is 18.2 Å². The van der Waals surface area contributed by atoms with Gasteiger partial charge < -0.3 is 15.8 Å². The number of carbonyl (C=O) groups excluding carboxylic acids is 1. The van der Waals surface area contributed by atoms with Crippen LogP contribution in [-0.2, 0) is 17.3 Å². The highest BCUT2D eigenvalue weighted by Gasteiger charge is 2.33. The summed E-state index contributed by atoms with van der Waals surface area (Å²) in [5, 5.41) is 2.45. The highest BCUT2D eigenvalue weighted by molar-refractivity contribution is 5.67. The standard InChI is InChI=1S/C15H21F3N2O2/c1-14(2,3)22-13(21)20-9-11(19)8-10-6-4-5-7-12(10)15(16,17)18/h4-7,11H,8-9,19H2,1-3H3,(H,20,21). The maximum atomic E-state index is 12.9. The molecule has 4 nitrogen and oxygen atoms in total. The average Bonchev–Trinajstić information content (AvgIpc) is 2.34. The van der Waals surface area contributed by atoms with E-state index in [-0.39, 0.29) is 18.5 Å². The minimum Gasteiger partial charge on any atom is -0.444 e. The fourth-order valence-electron chi connectivity index (χ4n) is 1.86. The lowest BCUT2D eigenvalue weighted by atomic mass is 10.0. The van der Waals surface area contributed by atoms with E-state index in [0.717, 1.165) is 6.07 Å². The Morgan fingerprint density at radius 2 is 1.86 bits per heavy atom. The Morgan fingerprint density at radius 1 is 1.27 bits per heavy atom. The SMILES string of the molecule is CC(C)(C)OC(=O)NCC(N)Cc1ccccc1C(F)(F)F. The summed E-state index contributed by atoms with van der Waals surface area (Å²) in [5.41, 5.74) is 4.55. The molecule has 1 aromatic rings. The number of halogens is 3. The van der Waals surface area contributed by atoms with Gasteiger partial charge in [-0.05, 0) is 38.8 Å². The number of nitrogens with two attached hydrogens (primary N) is 1. The Kier molecular flexibility index (Phi) is 5.82. The molecule has 0 spiro atoms. The summed E-state index contributed by atoms with van der Waals surface area (Å²) in [7, 11) is 0. The number of alkyl halides is 3. The number of hydrogen-bond acceptors (Lipinski definition) is 3. The van der Waals surface area contributed by atoms with Gasteiger partial charge in [-0.25, -0.2) is 4.79 Å². The third kappa shape index (κ3) is 6.34. The molecular weight excluding hydrogens is 297 g/mol. The maximum absolute atomic E-state index is 12.9. The summed E-state index contributed by atoms with van der Waals surface area (Å²) >= 11 is 0. The van der Waals surface area contributed by atoms with Gasteiger partial charge in [0.15, 0.2) is 0 Å². The third-order valence-electron chi connectivity index (χ3n) is 2.71. The zero-order valence-corrected chi connectivity index (χ0v) is 12.8. The van der Waals surface area contributed by atoms with Gasteiger partial charge in [-0.15, -0.1) is 0 Å². The molecule has 22 heavy (non-hydrogen) atoms. The second kappa shape index (κ2) is 7.00. The van der Waals surface area contributed by atoms with Crippen molar-refractivity contribution in [3.05, 3.63) is 35.4 Å². The van der Waals surface area contributed by atoms with Crippen LogP contribution in [-0.4, -0.2) is 24.3 Å². The number of nitrogens with one attached hydrogen (secondary N) is 1. The van der Waals surface area contributed by atoms with Gasteiger partial charge >= 0.3 is 12.3 Å². The number of alkyl carbamates (subject to hydrolysis) is 1. The van der Waals surface area contributed by atoms with Crippen molar-refractivity contribution in [3.8, 4) is 0 Å². The van der Waals surface area contributed by atoms with Crippen molar-refractivity contribution in [1.82, 2.24) is 5.32 Å². The molecule has 0 bridgehead atoms. The third-order valence-corrected chi connectivity index (χ3v) is 2.71. The van der Waals surface area contributed by atoms with Crippen LogP contribution in [0, 0.1) is 0 Å². The van der Waals surface area contributed by atoms with Crippen LogP contribution in [0.1, 0.15) is 31.9 Å². The fraction of sp³-hybridized carbons (Fsp3) is 0.533. The fourth-order valence-corrected chi connectivity index (χ4v) is 1.86. The van der Waals surface area contributed by atoms with E-state index in [0.29, 0.717) is 0 Å². The van der Waals surface area contributed by atoms with Crippen LogP contribution >= 0.6 is 0 Å². The van der Waals surface area contributed by atoms with Crippen molar-refractivity contribution < 1.29 is 22.7 Å². The Hall–Kier alpha value is -1.76. The number of benzene rings is 1. The number of ether oxygens (including phenoxy) is 1. The first-order chi connectivity index (χ1) is 9.99. The first-order valence-electron chi connectivity index (χ1n) is 6.86. The van der Waals surface area contributed by atoms with Crippen LogP contribution in [0.5, 0.6) is 0 Å². The summed E-state index contributed by atoms with van der Waals surface area (Å²) in [4.78, 5) is 11.5. The molecule has 0 fully saturated rings. The van der Waals surface area contributed by atoms with Crippen LogP contribution in [0.4, 0.5) is 18.0 Å². The Labute approximate surface area is 127 Å². The normalized spacial score (nSPS) is 13.6. The Bertz CT molecular complexity index is 510. The molecule has 1 unspecified atom stereocenters. The van der Waals surface area contributed by atoms with Crippen LogP contribution in [0.2, 0.25) is 0 Å². The lowest BCUT2D eigenvalue weighted by Gasteiger charge is -2.21. The lowest BCUT2D eigenvalue weighted by molar-refractivity contribution is -0.138. The molecule has 0 aliphatic rings. The van der Waals surface area contributed by atoms with Crippen LogP contribution in [0.15, 0.2) is 24.3 Å². The first kappa shape index (κ1) is 18.3. The second-order valence-electron chi connectivity index (χ2n) is 6.00. The molecule has 124 valence electrons. The zero-order valence-electron chi connectivity index (χ0n) is 12.8. The van der Waals surface area contributed by atoms with E-state index in [1.807, 2.05) is 0 Å². The predicted molar refractivity (Wildman–Crippen MR) is 77.4 cm³/mol. The van der Waals surface area contributed by atoms with Crippen molar-refractivity contribution in [2.45, 2.75) is 45.0 Å². The molecule has 1 amide bonds. The summed E-state index contributed by atoms with van der Waals surface area (Å²) in [6.07, 6.45) is -5.06. The molecule has 1 atom stereocenters. The molecule has 0 aromatic heterocycles. The van der Waals surface area contributed by atoms with E-state index < -0.39 is 29.5 Å². The van der Waals surface area contributed by atoms with Gasteiger partial charge in [0.25, 0.3) is 0 Å². The molecule has 1 rings (SSSR count). The molecule has 0 aliphatic heterocycles. The highest BCUT2D eigenvalue weighted by atomic mass is 19.4. The molecule has 1 aromatic carbocycles. The van der Waals surface area contributed by atoms with Gasteiger partial charge in [0, 0.05) is 12.6 Å². The maximum Gasteiger partial charge on any atom is 0.416 e. The average molecular weight is 318 g/mol. The number of rotatable bonds is 4. The Morgan fingerprint density at radius 3 is 2.41 bits per heavy atom. The minimum atomic E-state index is -4.42. The Balaban J connectivity index is 2.60. The van der Waals surface area contributed by atoms with E-state index >= 15 is 0 Å². The predicted octanol–water partition coefficient (Wildman–Crippen LogP) is 3.10. The summed E-state index contributed by atoms with van der Waals surface area (Å²) in [5.74, 6) is 0. The van der Waals surface area contributed by atoms with E-state index in [1.54, 1.807) is 20.8 Å². The number of amides is 1. The van der Waals surface area contributed by atoms with Crippen molar-refractivity contribution in [1.29, 1.82) is 0 Å². The van der Waals surface area contributed by atoms with E-state index in [2.05, 4.69) is 5.32 Å². The smallest absolute Gasteiger partial charge is 0.416 e. The number of carbonyl (C=O) groups is 1.